The number of anilines is 2. The van der Waals surface area contributed by atoms with E-state index in [4.69, 9.17) is 9.47 Å². The highest BCUT2D eigenvalue weighted by Crippen LogP contribution is 2.26. The Morgan fingerprint density at radius 2 is 1.63 bits per heavy atom. The summed E-state index contributed by atoms with van der Waals surface area (Å²) in [6.45, 7) is 8.05. The van der Waals surface area contributed by atoms with Gasteiger partial charge in [0.2, 0.25) is 0 Å². The van der Waals surface area contributed by atoms with Gasteiger partial charge in [0, 0.05) is 23.5 Å². The first kappa shape index (κ1) is 19.5. The van der Waals surface area contributed by atoms with Gasteiger partial charge in [-0.25, -0.2) is 8.42 Å². The second-order valence-electron chi connectivity index (χ2n) is 6.70. The van der Waals surface area contributed by atoms with Crippen molar-refractivity contribution in [3.63, 3.8) is 0 Å². The number of benzene rings is 2. The molecule has 1 heterocycles. The summed E-state index contributed by atoms with van der Waals surface area (Å²) in [6, 6.07) is 14.4. The van der Waals surface area contributed by atoms with E-state index in [9.17, 15) is 8.42 Å². The molecule has 0 radical (unpaired) electrons. The third-order valence-electron chi connectivity index (χ3n) is 4.53. The van der Waals surface area contributed by atoms with Crippen molar-refractivity contribution >= 4 is 21.4 Å². The molecule has 27 heavy (non-hydrogen) atoms. The molecule has 0 aromatic heterocycles. The van der Waals surface area contributed by atoms with Crippen LogP contribution in [-0.4, -0.2) is 40.3 Å². The van der Waals surface area contributed by atoms with E-state index in [2.05, 4.69) is 23.5 Å². The number of hydrogen-bond acceptors (Lipinski definition) is 5. The van der Waals surface area contributed by atoms with Crippen molar-refractivity contribution in [3.05, 3.63) is 48.5 Å². The lowest BCUT2D eigenvalue weighted by atomic mass is 10.1. The van der Waals surface area contributed by atoms with Gasteiger partial charge in [-0.1, -0.05) is 0 Å². The van der Waals surface area contributed by atoms with Gasteiger partial charge in [0.25, 0.3) is 10.0 Å². The molecule has 1 aliphatic rings. The second-order valence-corrected chi connectivity index (χ2v) is 8.38. The van der Waals surface area contributed by atoms with Crippen LogP contribution < -0.4 is 14.4 Å². The summed E-state index contributed by atoms with van der Waals surface area (Å²) in [4.78, 5) is 2.50. The summed E-state index contributed by atoms with van der Waals surface area (Å²) in [7, 11) is -3.64. The summed E-state index contributed by atoms with van der Waals surface area (Å²) >= 11 is 0. The van der Waals surface area contributed by atoms with Crippen molar-refractivity contribution in [1.29, 1.82) is 0 Å². The molecule has 2 aromatic carbocycles. The van der Waals surface area contributed by atoms with Crippen LogP contribution in [0.3, 0.4) is 0 Å². The predicted octanol–water partition coefficient (Wildman–Crippen LogP) is 3.50. The van der Waals surface area contributed by atoms with Crippen LogP contribution in [0.1, 0.15) is 20.8 Å². The molecule has 1 saturated heterocycles. The maximum absolute atomic E-state index is 12.6. The van der Waals surface area contributed by atoms with Crippen LogP contribution in [0, 0.1) is 0 Å². The Bertz CT molecular complexity index is 841. The molecule has 6 nitrogen and oxygen atoms in total. The van der Waals surface area contributed by atoms with Crippen LogP contribution in [0.15, 0.2) is 53.4 Å². The van der Waals surface area contributed by atoms with E-state index < -0.39 is 10.0 Å². The van der Waals surface area contributed by atoms with Gasteiger partial charge in [-0.2, -0.15) is 0 Å². The fourth-order valence-corrected chi connectivity index (χ4v) is 4.37. The number of rotatable bonds is 6. The molecule has 2 aromatic rings. The Morgan fingerprint density at radius 1 is 1.04 bits per heavy atom. The molecular formula is C20H26N2O4S. The minimum Gasteiger partial charge on any atom is -0.494 e. The van der Waals surface area contributed by atoms with Crippen molar-refractivity contribution in [2.45, 2.75) is 37.8 Å². The van der Waals surface area contributed by atoms with Crippen molar-refractivity contribution in [1.82, 2.24) is 0 Å². The van der Waals surface area contributed by atoms with E-state index in [0.29, 0.717) is 31.3 Å². The third kappa shape index (κ3) is 4.54. The Morgan fingerprint density at radius 3 is 2.19 bits per heavy atom. The van der Waals surface area contributed by atoms with Gasteiger partial charge in [-0.15, -0.1) is 0 Å². The molecule has 146 valence electrons. The molecule has 0 aliphatic carbocycles. The largest absolute Gasteiger partial charge is 0.494 e. The Labute approximate surface area is 161 Å². The molecule has 2 atom stereocenters. The van der Waals surface area contributed by atoms with Crippen LogP contribution in [0.2, 0.25) is 0 Å². The molecule has 1 aliphatic heterocycles. The maximum atomic E-state index is 12.6. The predicted molar refractivity (Wildman–Crippen MR) is 107 cm³/mol. The summed E-state index contributed by atoms with van der Waals surface area (Å²) in [5.74, 6) is 0.648. The van der Waals surface area contributed by atoms with Gasteiger partial charge >= 0.3 is 0 Å². The normalized spacial score (nSPS) is 20.3. The number of morpholine rings is 1. The van der Waals surface area contributed by atoms with E-state index in [1.54, 1.807) is 36.4 Å². The van der Waals surface area contributed by atoms with Gasteiger partial charge in [0.05, 0.1) is 24.7 Å². The third-order valence-corrected chi connectivity index (χ3v) is 5.93. The molecule has 0 amide bonds. The molecule has 3 rings (SSSR count). The molecule has 7 heteroatoms. The summed E-state index contributed by atoms with van der Waals surface area (Å²) in [6.07, 6.45) is 0. The molecule has 0 spiro atoms. The maximum Gasteiger partial charge on any atom is 0.261 e. The Kier molecular flexibility index (Phi) is 5.92. The lowest BCUT2D eigenvalue weighted by Crippen LogP contribution is -2.49. The molecular weight excluding hydrogens is 364 g/mol. The SMILES string of the molecule is CCOc1ccc(S(=O)(=O)Nc2ccc(N3C(C)COCC3C)cc2)cc1. The standard InChI is InChI=1S/C20H26N2O4S/c1-4-26-19-9-11-20(12-10-19)27(23,24)21-17-5-7-18(8-6-17)22-15(2)13-25-14-16(22)3/h5-12,15-16,21H,4,13-14H2,1-3H3. The van der Waals surface area contributed by atoms with E-state index in [0.717, 1.165) is 5.69 Å². The number of nitrogens with zero attached hydrogens (tertiary/aromatic N) is 1. The number of nitrogens with one attached hydrogen (secondary N) is 1. The highest BCUT2D eigenvalue weighted by Gasteiger charge is 2.25. The number of ether oxygens (including phenoxy) is 2. The van der Waals surface area contributed by atoms with E-state index >= 15 is 0 Å². The highest BCUT2D eigenvalue weighted by atomic mass is 32.2. The van der Waals surface area contributed by atoms with Crippen molar-refractivity contribution < 1.29 is 17.9 Å². The second kappa shape index (κ2) is 8.19. The van der Waals surface area contributed by atoms with E-state index in [1.807, 2.05) is 19.1 Å². The topological polar surface area (TPSA) is 67.9 Å². The van der Waals surface area contributed by atoms with Crippen LogP contribution >= 0.6 is 0 Å². The zero-order chi connectivity index (χ0) is 19.4. The van der Waals surface area contributed by atoms with Crippen LogP contribution in [0.5, 0.6) is 5.75 Å². The average molecular weight is 391 g/mol. The number of hydrogen-bond donors (Lipinski definition) is 1. The molecule has 1 fully saturated rings. The van der Waals surface area contributed by atoms with Crippen LogP contribution in [0.4, 0.5) is 11.4 Å². The van der Waals surface area contributed by atoms with E-state index in [1.165, 1.54) is 0 Å². The lowest BCUT2D eigenvalue weighted by molar-refractivity contribution is 0.0757. The highest BCUT2D eigenvalue weighted by molar-refractivity contribution is 7.92. The minimum absolute atomic E-state index is 0.199. The van der Waals surface area contributed by atoms with Crippen molar-refractivity contribution in [2.24, 2.45) is 0 Å². The molecule has 0 bridgehead atoms. The lowest BCUT2D eigenvalue weighted by Gasteiger charge is -2.40. The van der Waals surface area contributed by atoms with Crippen molar-refractivity contribution in [2.75, 3.05) is 29.4 Å². The molecule has 1 N–H and O–H groups in total. The quantitative estimate of drug-likeness (QED) is 0.818. The Balaban J connectivity index is 1.73. The fraction of sp³-hybridized carbons (Fsp3) is 0.400. The summed E-state index contributed by atoms with van der Waals surface area (Å²) < 4.78 is 38.7. The van der Waals surface area contributed by atoms with Crippen LogP contribution in [-0.2, 0) is 14.8 Å². The van der Waals surface area contributed by atoms with E-state index in [-0.39, 0.29) is 17.0 Å². The first-order chi connectivity index (χ1) is 12.9. The van der Waals surface area contributed by atoms with Gasteiger partial charge in [0.1, 0.15) is 5.75 Å². The first-order valence-corrected chi connectivity index (χ1v) is 10.6. The smallest absolute Gasteiger partial charge is 0.261 e. The first-order valence-electron chi connectivity index (χ1n) is 9.12. The van der Waals surface area contributed by atoms with Gasteiger partial charge in [0.15, 0.2) is 0 Å². The minimum atomic E-state index is -3.64. The zero-order valence-corrected chi connectivity index (χ0v) is 16.7. The monoisotopic (exact) mass is 390 g/mol. The zero-order valence-electron chi connectivity index (χ0n) is 15.9. The van der Waals surface area contributed by atoms with Crippen molar-refractivity contribution in [3.8, 4) is 5.75 Å². The molecule has 0 saturated carbocycles. The van der Waals surface area contributed by atoms with Gasteiger partial charge in [-0.3, -0.25) is 4.72 Å². The summed E-state index contributed by atoms with van der Waals surface area (Å²) in [5, 5.41) is 0. The Hall–Kier alpha value is -2.25. The van der Waals surface area contributed by atoms with Crippen LogP contribution in [0.25, 0.3) is 0 Å². The fourth-order valence-electron chi connectivity index (χ4n) is 3.31. The molecule has 2 unspecified atom stereocenters. The van der Waals surface area contributed by atoms with Gasteiger partial charge in [-0.05, 0) is 69.3 Å². The van der Waals surface area contributed by atoms with Gasteiger partial charge < -0.3 is 14.4 Å². The number of sulfonamides is 1. The average Bonchev–Trinajstić information content (AvgIpc) is 2.63. The summed E-state index contributed by atoms with van der Waals surface area (Å²) in [5.41, 5.74) is 1.59.